The number of methoxy groups -OCH3 is 1. The molecule has 1 aromatic carbocycles. The van der Waals surface area contributed by atoms with Crippen LogP contribution in [0.15, 0.2) is 29.3 Å². The van der Waals surface area contributed by atoms with Crippen molar-refractivity contribution < 1.29 is 9.53 Å². The molecule has 1 amide bonds. The van der Waals surface area contributed by atoms with Crippen molar-refractivity contribution in [2.45, 2.75) is 26.2 Å². The number of carbonyl (C=O) groups excluding carboxylic acids is 1. The maximum absolute atomic E-state index is 12.2. The zero-order valence-corrected chi connectivity index (χ0v) is 19.9. The number of aliphatic imine (C=N–C) groups is 1. The van der Waals surface area contributed by atoms with Crippen LogP contribution in [0.5, 0.6) is 5.75 Å². The van der Waals surface area contributed by atoms with Gasteiger partial charge in [0, 0.05) is 57.9 Å². The fraction of sp³-hybridized carbons (Fsp3) is 0.619. The Morgan fingerprint density at radius 1 is 1.03 bits per heavy atom. The highest BCUT2D eigenvalue weighted by Gasteiger charge is 2.21. The van der Waals surface area contributed by atoms with E-state index in [9.17, 15) is 4.79 Å². The summed E-state index contributed by atoms with van der Waals surface area (Å²) in [5, 5.41) is 3.38. The number of hydrogen-bond donors (Lipinski definition) is 1. The number of hydrogen-bond acceptors (Lipinski definition) is 4. The van der Waals surface area contributed by atoms with Crippen LogP contribution in [0.3, 0.4) is 0 Å². The van der Waals surface area contributed by atoms with Crippen LogP contribution in [0.2, 0.25) is 0 Å². The number of anilines is 1. The molecule has 0 atom stereocenters. The summed E-state index contributed by atoms with van der Waals surface area (Å²) in [4.78, 5) is 23.6. The van der Waals surface area contributed by atoms with Gasteiger partial charge >= 0.3 is 0 Å². The molecule has 3 rings (SSSR count). The van der Waals surface area contributed by atoms with Gasteiger partial charge in [-0.05, 0) is 44.0 Å². The molecular weight excluding hydrogens is 481 g/mol. The Balaban J connectivity index is 0.00000300. The number of carbonyl (C=O) groups is 1. The molecule has 2 aliphatic rings. The molecule has 0 bridgehead atoms. The molecule has 1 aromatic rings. The van der Waals surface area contributed by atoms with Gasteiger partial charge in [-0.15, -0.1) is 24.0 Å². The van der Waals surface area contributed by atoms with Crippen molar-refractivity contribution in [1.29, 1.82) is 0 Å². The van der Waals surface area contributed by atoms with E-state index in [1.807, 2.05) is 17.0 Å². The van der Waals surface area contributed by atoms with Crippen LogP contribution >= 0.6 is 24.0 Å². The van der Waals surface area contributed by atoms with Gasteiger partial charge in [-0.2, -0.15) is 0 Å². The fourth-order valence-corrected chi connectivity index (χ4v) is 3.78. The first-order valence-corrected chi connectivity index (χ1v) is 10.4. The van der Waals surface area contributed by atoms with Crippen molar-refractivity contribution in [3.05, 3.63) is 24.3 Å². The predicted octanol–water partition coefficient (Wildman–Crippen LogP) is 2.41. The van der Waals surface area contributed by atoms with E-state index in [0.29, 0.717) is 13.0 Å². The highest BCUT2D eigenvalue weighted by atomic mass is 127. The maximum Gasteiger partial charge on any atom is 0.224 e. The number of guanidine groups is 1. The highest BCUT2D eigenvalue weighted by Crippen LogP contribution is 2.20. The van der Waals surface area contributed by atoms with E-state index in [1.54, 1.807) is 7.11 Å². The summed E-state index contributed by atoms with van der Waals surface area (Å²) in [7, 11) is 1.69. The summed E-state index contributed by atoms with van der Waals surface area (Å²) in [5.41, 5.74) is 1.22. The van der Waals surface area contributed by atoms with Crippen molar-refractivity contribution in [2.24, 2.45) is 4.99 Å². The second kappa shape index (κ2) is 12.1. The van der Waals surface area contributed by atoms with Crippen molar-refractivity contribution in [3.8, 4) is 5.75 Å². The molecule has 0 unspecified atom stereocenters. The first-order valence-electron chi connectivity index (χ1n) is 10.4. The lowest BCUT2D eigenvalue weighted by molar-refractivity contribution is -0.129. The molecule has 1 N–H and O–H groups in total. The van der Waals surface area contributed by atoms with E-state index in [2.05, 4.69) is 34.2 Å². The second-order valence-corrected chi connectivity index (χ2v) is 7.25. The number of nitrogens with one attached hydrogen (secondary N) is 1. The van der Waals surface area contributed by atoms with Crippen LogP contribution in [-0.4, -0.2) is 81.1 Å². The molecule has 2 saturated heterocycles. The lowest BCUT2D eigenvalue weighted by atomic mass is 10.2. The highest BCUT2D eigenvalue weighted by molar-refractivity contribution is 14.0. The summed E-state index contributed by atoms with van der Waals surface area (Å²) in [6.07, 6.45) is 2.77. The van der Waals surface area contributed by atoms with E-state index >= 15 is 0 Å². The minimum Gasteiger partial charge on any atom is -0.497 e. The zero-order chi connectivity index (χ0) is 19.8. The summed E-state index contributed by atoms with van der Waals surface area (Å²) in [5.74, 6) is 2.04. The minimum atomic E-state index is 0. The summed E-state index contributed by atoms with van der Waals surface area (Å²) in [6, 6.07) is 8.23. The molecule has 0 spiro atoms. The quantitative estimate of drug-likeness (QED) is 0.359. The fourth-order valence-electron chi connectivity index (χ4n) is 3.78. The lowest BCUT2D eigenvalue weighted by Crippen LogP contribution is -2.52. The van der Waals surface area contributed by atoms with Gasteiger partial charge in [0.15, 0.2) is 5.96 Å². The number of likely N-dealkylation sites (tertiary alicyclic amines) is 1. The minimum absolute atomic E-state index is 0. The average molecular weight is 515 g/mol. The third-order valence-electron chi connectivity index (χ3n) is 5.40. The molecule has 7 nitrogen and oxygen atoms in total. The number of piperazine rings is 1. The van der Waals surface area contributed by atoms with Crippen molar-refractivity contribution in [2.75, 3.05) is 64.4 Å². The number of amides is 1. The SMILES string of the molecule is CCNC(=NCCC(=O)N1CCCC1)N1CCN(c2ccc(OC)cc2)CC1.I. The van der Waals surface area contributed by atoms with Crippen LogP contribution in [0, 0.1) is 0 Å². The van der Waals surface area contributed by atoms with Crippen LogP contribution < -0.4 is 15.0 Å². The van der Waals surface area contributed by atoms with E-state index in [1.165, 1.54) is 5.69 Å². The third kappa shape index (κ3) is 6.65. The van der Waals surface area contributed by atoms with Gasteiger partial charge in [0.1, 0.15) is 5.75 Å². The summed E-state index contributed by atoms with van der Waals surface area (Å²) < 4.78 is 5.24. The van der Waals surface area contributed by atoms with E-state index in [-0.39, 0.29) is 29.9 Å². The van der Waals surface area contributed by atoms with Gasteiger partial charge in [-0.25, -0.2) is 0 Å². The molecule has 8 heteroatoms. The normalized spacial score (nSPS) is 17.2. The predicted molar refractivity (Wildman–Crippen MR) is 129 cm³/mol. The topological polar surface area (TPSA) is 60.4 Å². The summed E-state index contributed by atoms with van der Waals surface area (Å²) in [6.45, 7) is 9.01. The smallest absolute Gasteiger partial charge is 0.224 e. The molecule has 0 aliphatic carbocycles. The Morgan fingerprint density at radius 3 is 2.28 bits per heavy atom. The molecule has 2 aliphatic heterocycles. The number of nitrogens with zero attached hydrogens (tertiary/aromatic N) is 4. The molecule has 0 saturated carbocycles. The van der Waals surface area contributed by atoms with Gasteiger partial charge in [0.05, 0.1) is 13.7 Å². The molecule has 0 radical (unpaired) electrons. The molecule has 0 aromatic heterocycles. The van der Waals surface area contributed by atoms with E-state index < -0.39 is 0 Å². The first-order chi connectivity index (χ1) is 13.7. The van der Waals surface area contributed by atoms with Crippen LogP contribution in [-0.2, 0) is 4.79 Å². The van der Waals surface area contributed by atoms with Crippen molar-refractivity contribution in [3.63, 3.8) is 0 Å². The standard InChI is InChI=1S/C21H33N5O2.HI/c1-3-22-21(23-11-10-20(27)25-12-4-5-13-25)26-16-14-24(15-17-26)18-6-8-19(28-2)9-7-18;/h6-9H,3-5,10-17H2,1-2H3,(H,22,23);1H. The van der Waals surface area contributed by atoms with E-state index in [0.717, 1.165) is 70.4 Å². The van der Waals surface area contributed by atoms with Crippen LogP contribution in [0.1, 0.15) is 26.2 Å². The Kier molecular flexibility index (Phi) is 9.83. The first kappa shape index (κ1) is 23.6. The molecule has 2 fully saturated rings. The Morgan fingerprint density at radius 2 is 1.69 bits per heavy atom. The number of rotatable bonds is 6. The average Bonchev–Trinajstić information content (AvgIpc) is 3.28. The largest absolute Gasteiger partial charge is 0.497 e. The Labute approximate surface area is 191 Å². The van der Waals surface area contributed by atoms with Gasteiger partial charge in [-0.3, -0.25) is 9.79 Å². The molecular formula is C21H34IN5O2. The number of benzene rings is 1. The van der Waals surface area contributed by atoms with Crippen LogP contribution in [0.25, 0.3) is 0 Å². The Bertz CT molecular complexity index is 654. The zero-order valence-electron chi connectivity index (χ0n) is 17.6. The molecule has 29 heavy (non-hydrogen) atoms. The molecule has 2 heterocycles. The van der Waals surface area contributed by atoms with Gasteiger partial charge in [0.25, 0.3) is 0 Å². The van der Waals surface area contributed by atoms with Crippen LogP contribution in [0.4, 0.5) is 5.69 Å². The van der Waals surface area contributed by atoms with Crippen molar-refractivity contribution >= 4 is 41.5 Å². The number of halogens is 1. The maximum atomic E-state index is 12.2. The van der Waals surface area contributed by atoms with Gasteiger partial charge < -0.3 is 24.8 Å². The van der Waals surface area contributed by atoms with Crippen molar-refractivity contribution in [1.82, 2.24) is 15.1 Å². The molecule has 162 valence electrons. The monoisotopic (exact) mass is 515 g/mol. The van der Waals surface area contributed by atoms with Gasteiger partial charge in [-0.1, -0.05) is 0 Å². The summed E-state index contributed by atoms with van der Waals surface area (Å²) >= 11 is 0. The van der Waals surface area contributed by atoms with Gasteiger partial charge in [0.2, 0.25) is 5.91 Å². The second-order valence-electron chi connectivity index (χ2n) is 7.25. The number of ether oxygens (including phenoxy) is 1. The Hall–Kier alpha value is -1.71. The van der Waals surface area contributed by atoms with E-state index in [4.69, 9.17) is 9.73 Å². The third-order valence-corrected chi connectivity index (χ3v) is 5.40. The lowest BCUT2D eigenvalue weighted by Gasteiger charge is -2.37.